The number of fused-ring (bicyclic) bond motifs is 1. The van der Waals surface area contributed by atoms with Gasteiger partial charge in [0.05, 0.1) is 17.7 Å². The number of rotatable bonds is 4. The number of carbonyl (C=O) groups is 1. The predicted octanol–water partition coefficient (Wildman–Crippen LogP) is 0.708. The Morgan fingerprint density at radius 3 is 2.84 bits per heavy atom. The SMILES string of the molecule is CC(O)(CO)CNC(=O)c1cccc2cccnc12. The highest BCUT2D eigenvalue weighted by molar-refractivity contribution is 6.05. The molecule has 0 radical (unpaired) electrons. The summed E-state index contributed by atoms with van der Waals surface area (Å²) in [6.07, 6.45) is 1.63. The maximum absolute atomic E-state index is 12.1. The Kier molecular flexibility index (Phi) is 3.78. The van der Waals surface area contributed by atoms with Gasteiger partial charge in [0, 0.05) is 18.1 Å². The number of nitrogens with zero attached hydrogens (tertiary/aromatic N) is 1. The number of aromatic nitrogens is 1. The highest BCUT2D eigenvalue weighted by atomic mass is 16.3. The summed E-state index contributed by atoms with van der Waals surface area (Å²) in [6, 6.07) is 9.02. The molecular formula is C14H16N2O3. The lowest BCUT2D eigenvalue weighted by atomic mass is 10.1. The van der Waals surface area contributed by atoms with Gasteiger partial charge in [-0.05, 0) is 19.1 Å². The molecule has 0 fully saturated rings. The van der Waals surface area contributed by atoms with Crippen LogP contribution in [0.5, 0.6) is 0 Å². The Morgan fingerprint density at radius 2 is 2.11 bits per heavy atom. The fourth-order valence-electron chi connectivity index (χ4n) is 1.71. The van der Waals surface area contributed by atoms with Crippen molar-refractivity contribution in [3.05, 3.63) is 42.1 Å². The normalized spacial score (nSPS) is 14.1. The molecule has 5 nitrogen and oxygen atoms in total. The quantitative estimate of drug-likeness (QED) is 0.756. The highest BCUT2D eigenvalue weighted by Crippen LogP contribution is 2.15. The number of benzene rings is 1. The van der Waals surface area contributed by atoms with E-state index < -0.39 is 12.2 Å². The van der Waals surface area contributed by atoms with Crippen LogP contribution in [0.2, 0.25) is 0 Å². The van der Waals surface area contributed by atoms with Crippen molar-refractivity contribution in [1.82, 2.24) is 10.3 Å². The largest absolute Gasteiger partial charge is 0.393 e. The van der Waals surface area contributed by atoms with Crippen LogP contribution < -0.4 is 5.32 Å². The van der Waals surface area contributed by atoms with Crippen molar-refractivity contribution in [2.45, 2.75) is 12.5 Å². The van der Waals surface area contributed by atoms with Gasteiger partial charge >= 0.3 is 0 Å². The summed E-state index contributed by atoms with van der Waals surface area (Å²) in [7, 11) is 0. The van der Waals surface area contributed by atoms with Crippen molar-refractivity contribution in [1.29, 1.82) is 0 Å². The van der Waals surface area contributed by atoms with Crippen molar-refractivity contribution in [3.8, 4) is 0 Å². The van der Waals surface area contributed by atoms with E-state index in [0.717, 1.165) is 5.39 Å². The Morgan fingerprint density at radius 1 is 1.37 bits per heavy atom. The summed E-state index contributed by atoms with van der Waals surface area (Å²) in [6.45, 7) is 1.02. The van der Waals surface area contributed by atoms with Crippen LogP contribution in [0.15, 0.2) is 36.5 Å². The first-order chi connectivity index (χ1) is 9.03. The first-order valence-electron chi connectivity index (χ1n) is 5.99. The Balaban J connectivity index is 2.23. The molecule has 2 rings (SSSR count). The van der Waals surface area contributed by atoms with Crippen LogP contribution in [-0.2, 0) is 0 Å². The lowest BCUT2D eigenvalue weighted by molar-refractivity contribution is 0.00321. The van der Waals surface area contributed by atoms with Gasteiger partial charge in [-0.25, -0.2) is 0 Å². The smallest absolute Gasteiger partial charge is 0.253 e. The van der Waals surface area contributed by atoms with E-state index in [1.807, 2.05) is 12.1 Å². The van der Waals surface area contributed by atoms with Gasteiger partial charge in [-0.3, -0.25) is 9.78 Å². The zero-order valence-electron chi connectivity index (χ0n) is 10.6. The van der Waals surface area contributed by atoms with Gasteiger partial charge in [0.1, 0.15) is 5.60 Å². The van der Waals surface area contributed by atoms with Crippen molar-refractivity contribution < 1.29 is 15.0 Å². The number of hydrogen-bond donors (Lipinski definition) is 3. The number of para-hydroxylation sites is 1. The predicted molar refractivity (Wildman–Crippen MR) is 71.8 cm³/mol. The molecule has 1 aromatic carbocycles. The maximum Gasteiger partial charge on any atom is 0.253 e. The first-order valence-corrected chi connectivity index (χ1v) is 5.99. The molecule has 0 spiro atoms. The monoisotopic (exact) mass is 260 g/mol. The molecule has 0 saturated carbocycles. The lowest BCUT2D eigenvalue weighted by Gasteiger charge is -2.20. The van der Waals surface area contributed by atoms with E-state index in [-0.39, 0.29) is 12.5 Å². The number of carbonyl (C=O) groups excluding carboxylic acids is 1. The molecule has 0 aliphatic heterocycles. The van der Waals surface area contributed by atoms with Crippen LogP contribution in [0.1, 0.15) is 17.3 Å². The Bertz CT molecular complexity index is 591. The molecular weight excluding hydrogens is 244 g/mol. The molecule has 2 aromatic rings. The summed E-state index contributed by atoms with van der Waals surface area (Å²) in [5, 5.41) is 22.1. The van der Waals surface area contributed by atoms with Crippen molar-refractivity contribution in [3.63, 3.8) is 0 Å². The second-order valence-electron chi connectivity index (χ2n) is 4.72. The Labute approximate surface area is 110 Å². The minimum Gasteiger partial charge on any atom is -0.393 e. The average Bonchev–Trinajstić information content (AvgIpc) is 2.44. The molecule has 1 atom stereocenters. The summed E-state index contributed by atoms with van der Waals surface area (Å²) in [5.74, 6) is -0.321. The fraction of sp³-hybridized carbons (Fsp3) is 0.286. The van der Waals surface area contributed by atoms with E-state index in [4.69, 9.17) is 5.11 Å². The third-order valence-electron chi connectivity index (χ3n) is 2.85. The molecule has 0 aliphatic carbocycles. The van der Waals surface area contributed by atoms with Gasteiger partial charge in [-0.2, -0.15) is 0 Å². The van der Waals surface area contributed by atoms with Gasteiger partial charge in [0.2, 0.25) is 0 Å². The van der Waals surface area contributed by atoms with Crippen molar-refractivity contribution >= 4 is 16.8 Å². The lowest BCUT2D eigenvalue weighted by Crippen LogP contribution is -2.43. The van der Waals surface area contributed by atoms with Crippen LogP contribution >= 0.6 is 0 Å². The fourth-order valence-corrected chi connectivity index (χ4v) is 1.71. The van der Waals surface area contributed by atoms with Gasteiger partial charge in [0.15, 0.2) is 0 Å². The van der Waals surface area contributed by atoms with E-state index in [1.54, 1.807) is 24.4 Å². The molecule has 5 heteroatoms. The summed E-state index contributed by atoms with van der Waals surface area (Å²) in [5.41, 5.74) is -0.258. The molecule has 3 N–H and O–H groups in total. The number of pyridine rings is 1. The summed E-state index contributed by atoms with van der Waals surface area (Å²) in [4.78, 5) is 16.3. The van der Waals surface area contributed by atoms with E-state index >= 15 is 0 Å². The van der Waals surface area contributed by atoms with Crippen LogP contribution in [-0.4, -0.2) is 39.9 Å². The van der Waals surface area contributed by atoms with Gasteiger partial charge < -0.3 is 15.5 Å². The van der Waals surface area contributed by atoms with E-state index in [2.05, 4.69) is 10.3 Å². The first kappa shape index (κ1) is 13.5. The minimum absolute atomic E-state index is 0.0223. The average molecular weight is 260 g/mol. The van der Waals surface area contributed by atoms with Crippen LogP contribution in [0.4, 0.5) is 0 Å². The summed E-state index contributed by atoms with van der Waals surface area (Å²) >= 11 is 0. The molecule has 1 aromatic heterocycles. The molecule has 100 valence electrons. The highest BCUT2D eigenvalue weighted by Gasteiger charge is 2.20. The second kappa shape index (κ2) is 5.34. The zero-order valence-corrected chi connectivity index (χ0v) is 10.6. The number of aliphatic hydroxyl groups excluding tert-OH is 1. The summed E-state index contributed by atoms with van der Waals surface area (Å²) < 4.78 is 0. The molecule has 1 amide bonds. The topological polar surface area (TPSA) is 82.5 Å². The molecule has 0 aliphatic rings. The molecule has 0 saturated heterocycles. The minimum atomic E-state index is -1.33. The third-order valence-corrected chi connectivity index (χ3v) is 2.85. The van der Waals surface area contributed by atoms with Crippen molar-refractivity contribution in [2.75, 3.05) is 13.2 Å². The second-order valence-corrected chi connectivity index (χ2v) is 4.72. The standard InChI is InChI=1S/C14H16N2O3/c1-14(19,9-17)8-16-13(18)11-6-2-4-10-5-3-7-15-12(10)11/h2-7,17,19H,8-9H2,1H3,(H,16,18). The van der Waals surface area contributed by atoms with E-state index in [0.29, 0.717) is 11.1 Å². The van der Waals surface area contributed by atoms with E-state index in [9.17, 15) is 9.90 Å². The van der Waals surface area contributed by atoms with Crippen LogP contribution in [0, 0.1) is 0 Å². The van der Waals surface area contributed by atoms with Crippen LogP contribution in [0.25, 0.3) is 10.9 Å². The maximum atomic E-state index is 12.1. The zero-order chi connectivity index (χ0) is 13.9. The van der Waals surface area contributed by atoms with E-state index in [1.165, 1.54) is 6.92 Å². The molecule has 1 heterocycles. The third kappa shape index (κ3) is 3.07. The molecule has 19 heavy (non-hydrogen) atoms. The van der Waals surface area contributed by atoms with Gasteiger partial charge in [-0.1, -0.05) is 18.2 Å². The molecule has 1 unspecified atom stereocenters. The van der Waals surface area contributed by atoms with Crippen molar-refractivity contribution in [2.24, 2.45) is 0 Å². The van der Waals surface area contributed by atoms with Crippen LogP contribution in [0.3, 0.4) is 0 Å². The molecule has 0 bridgehead atoms. The number of hydrogen-bond acceptors (Lipinski definition) is 4. The van der Waals surface area contributed by atoms with Gasteiger partial charge in [0.25, 0.3) is 5.91 Å². The number of amides is 1. The number of nitrogens with one attached hydrogen (secondary N) is 1. The number of aliphatic hydroxyl groups is 2. The van der Waals surface area contributed by atoms with Gasteiger partial charge in [-0.15, -0.1) is 0 Å². The Hall–Kier alpha value is -1.98.